The fraction of sp³-hybridized carbons (Fsp3) is 0.375. The van der Waals surface area contributed by atoms with Gasteiger partial charge in [-0.2, -0.15) is 4.68 Å². The maximum Gasteiger partial charge on any atom is 0.338 e. The number of hydrogen-bond donors (Lipinski definition) is 1. The second-order valence-electron chi connectivity index (χ2n) is 5.74. The van der Waals surface area contributed by atoms with E-state index >= 15 is 0 Å². The first-order chi connectivity index (χ1) is 11.5. The van der Waals surface area contributed by atoms with Crippen LogP contribution < -0.4 is 10.1 Å². The summed E-state index contributed by atoms with van der Waals surface area (Å²) >= 11 is 0. The van der Waals surface area contributed by atoms with Crippen molar-refractivity contribution in [1.82, 2.24) is 20.2 Å². The van der Waals surface area contributed by atoms with Crippen LogP contribution in [-0.4, -0.2) is 39.4 Å². The third-order valence-electron chi connectivity index (χ3n) is 3.69. The molecule has 1 atom stereocenters. The van der Waals surface area contributed by atoms with Crippen molar-refractivity contribution in [2.45, 2.75) is 32.9 Å². The first-order valence-corrected chi connectivity index (χ1v) is 7.62. The van der Waals surface area contributed by atoms with Crippen LogP contribution in [0.3, 0.4) is 0 Å². The molecule has 0 radical (unpaired) electrons. The monoisotopic (exact) mass is 329 g/mol. The molecular formula is C16H19N5O3. The summed E-state index contributed by atoms with van der Waals surface area (Å²) < 4.78 is 12.3. The van der Waals surface area contributed by atoms with Gasteiger partial charge in [0.15, 0.2) is 0 Å². The fourth-order valence-corrected chi connectivity index (χ4v) is 2.67. The lowest BCUT2D eigenvalue weighted by molar-refractivity contribution is -0.143. The third-order valence-corrected chi connectivity index (χ3v) is 3.69. The van der Waals surface area contributed by atoms with Gasteiger partial charge in [-0.1, -0.05) is 17.2 Å². The quantitative estimate of drug-likeness (QED) is 0.857. The minimum absolute atomic E-state index is 0.223. The Morgan fingerprint density at radius 2 is 2.17 bits per heavy atom. The van der Waals surface area contributed by atoms with Gasteiger partial charge in [0.25, 0.3) is 0 Å². The SMILES string of the molecule is COc1cccc(C2C(C(=O)OC(C)C)=C(C)Nc3nnnn32)c1. The van der Waals surface area contributed by atoms with Gasteiger partial charge in [-0.05, 0) is 48.9 Å². The van der Waals surface area contributed by atoms with Crippen LogP contribution in [0.4, 0.5) is 5.95 Å². The Morgan fingerprint density at radius 3 is 2.88 bits per heavy atom. The van der Waals surface area contributed by atoms with Crippen molar-refractivity contribution in [3.63, 3.8) is 0 Å². The number of allylic oxidation sites excluding steroid dienone is 1. The first-order valence-electron chi connectivity index (χ1n) is 7.62. The minimum atomic E-state index is -0.488. The van der Waals surface area contributed by atoms with E-state index in [1.165, 1.54) is 0 Å². The van der Waals surface area contributed by atoms with Crippen molar-refractivity contribution >= 4 is 11.9 Å². The zero-order valence-electron chi connectivity index (χ0n) is 14.0. The number of aromatic nitrogens is 4. The molecule has 1 N–H and O–H groups in total. The molecule has 8 heteroatoms. The number of methoxy groups -OCH3 is 1. The highest BCUT2D eigenvalue weighted by Gasteiger charge is 2.35. The number of rotatable bonds is 4. The number of carbonyl (C=O) groups is 1. The number of tetrazole rings is 1. The van der Waals surface area contributed by atoms with Crippen LogP contribution in [0, 0.1) is 0 Å². The highest BCUT2D eigenvalue weighted by molar-refractivity contribution is 5.92. The lowest BCUT2D eigenvalue weighted by atomic mass is 9.95. The second-order valence-corrected chi connectivity index (χ2v) is 5.74. The number of ether oxygens (including phenoxy) is 2. The van der Waals surface area contributed by atoms with E-state index in [1.807, 2.05) is 45.0 Å². The molecule has 1 aliphatic heterocycles. The van der Waals surface area contributed by atoms with Gasteiger partial charge in [0, 0.05) is 5.70 Å². The lowest BCUT2D eigenvalue weighted by Gasteiger charge is -2.28. The van der Waals surface area contributed by atoms with Crippen molar-refractivity contribution in [3.05, 3.63) is 41.1 Å². The molecule has 24 heavy (non-hydrogen) atoms. The number of nitrogens with one attached hydrogen (secondary N) is 1. The molecule has 2 aromatic rings. The van der Waals surface area contributed by atoms with E-state index in [0.29, 0.717) is 23.0 Å². The summed E-state index contributed by atoms with van der Waals surface area (Å²) in [6, 6.07) is 6.98. The molecule has 0 saturated heterocycles. The minimum Gasteiger partial charge on any atom is -0.497 e. The molecule has 8 nitrogen and oxygen atoms in total. The van der Waals surface area contributed by atoms with Crippen LogP contribution in [-0.2, 0) is 9.53 Å². The number of fused-ring (bicyclic) bond motifs is 1. The number of benzene rings is 1. The Balaban J connectivity index is 2.12. The van der Waals surface area contributed by atoms with Crippen molar-refractivity contribution in [1.29, 1.82) is 0 Å². The summed E-state index contributed by atoms with van der Waals surface area (Å²) in [6.45, 7) is 5.43. The molecule has 3 rings (SSSR count). The standard InChI is InChI=1S/C16H19N5O3/c1-9(2)24-15(22)13-10(3)17-16-18-19-20-21(16)14(13)11-6-5-7-12(8-11)23-4/h5-9,14H,1-4H3,(H,17,18,20). The molecule has 2 heterocycles. The Morgan fingerprint density at radius 1 is 1.38 bits per heavy atom. The molecule has 1 aromatic carbocycles. The molecule has 126 valence electrons. The zero-order chi connectivity index (χ0) is 17.3. The summed E-state index contributed by atoms with van der Waals surface area (Å²) in [5, 5.41) is 14.7. The van der Waals surface area contributed by atoms with Crippen molar-refractivity contribution in [2.24, 2.45) is 0 Å². The van der Waals surface area contributed by atoms with Gasteiger partial charge in [-0.3, -0.25) is 0 Å². The maximum absolute atomic E-state index is 12.7. The normalized spacial score (nSPS) is 16.6. The van der Waals surface area contributed by atoms with E-state index < -0.39 is 12.0 Å². The van der Waals surface area contributed by atoms with E-state index in [-0.39, 0.29) is 6.10 Å². The van der Waals surface area contributed by atoms with Gasteiger partial charge < -0.3 is 14.8 Å². The molecule has 1 aromatic heterocycles. The number of esters is 1. The summed E-state index contributed by atoms with van der Waals surface area (Å²) in [4.78, 5) is 12.7. The molecule has 1 aliphatic rings. The maximum atomic E-state index is 12.7. The topological polar surface area (TPSA) is 91.2 Å². The largest absolute Gasteiger partial charge is 0.497 e. The average Bonchev–Trinajstić information content (AvgIpc) is 3.00. The summed E-state index contributed by atoms with van der Waals surface area (Å²) in [5.41, 5.74) is 1.96. The van der Waals surface area contributed by atoms with Crippen LogP contribution in [0.15, 0.2) is 35.5 Å². The van der Waals surface area contributed by atoms with E-state index in [0.717, 1.165) is 5.56 Å². The van der Waals surface area contributed by atoms with Gasteiger partial charge >= 0.3 is 5.97 Å². The summed E-state index contributed by atoms with van der Waals surface area (Å²) in [6.07, 6.45) is -0.223. The fourth-order valence-electron chi connectivity index (χ4n) is 2.67. The van der Waals surface area contributed by atoms with E-state index in [9.17, 15) is 4.79 Å². The highest BCUT2D eigenvalue weighted by atomic mass is 16.5. The molecule has 0 spiro atoms. The van der Waals surface area contributed by atoms with Crippen LogP contribution in [0.1, 0.15) is 32.4 Å². The highest BCUT2D eigenvalue weighted by Crippen LogP contribution is 2.36. The van der Waals surface area contributed by atoms with E-state index in [4.69, 9.17) is 9.47 Å². The number of carbonyl (C=O) groups excluding carboxylic acids is 1. The Kier molecular flexibility index (Phi) is 4.20. The summed E-state index contributed by atoms with van der Waals surface area (Å²) in [7, 11) is 1.60. The van der Waals surface area contributed by atoms with Gasteiger partial charge in [-0.25, -0.2) is 4.79 Å². The summed E-state index contributed by atoms with van der Waals surface area (Å²) in [5.74, 6) is 0.764. The zero-order valence-corrected chi connectivity index (χ0v) is 14.0. The van der Waals surface area contributed by atoms with Crippen molar-refractivity contribution in [3.8, 4) is 5.75 Å². The Bertz CT molecular complexity index is 797. The van der Waals surface area contributed by atoms with Gasteiger partial charge in [0.1, 0.15) is 11.8 Å². The van der Waals surface area contributed by atoms with Gasteiger partial charge in [-0.15, -0.1) is 0 Å². The smallest absolute Gasteiger partial charge is 0.338 e. The predicted molar refractivity (Wildman–Crippen MR) is 86.5 cm³/mol. The molecule has 0 bridgehead atoms. The van der Waals surface area contributed by atoms with Crippen LogP contribution in [0.5, 0.6) is 5.75 Å². The molecule has 0 aliphatic carbocycles. The molecule has 1 unspecified atom stereocenters. The molecule has 0 fully saturated rings. The van der Waals surface area contributed by atoms with Crippen molar-refractivity contribution < 1.29 is 14.3 Å². The molecule has 0 saturated carbocycles. The van der Waals surface area contributed by atoms with Gasteiger partial charge in [0.2, 0.25) is 5.95 Å². The second kappa shape index (κ2) is 6.31. The number of hydrogen-bond acceptors (Lipinski definition) is 7. The van der Waals surface area contributed by atoms with E-state index in [2.05, 4.69) is 20.8 Å². The van der Waals surface area contributed by atoms with E-state index in [1.54, 1.807) is 11.8 Å². The Hall–Kier alpha value is -2.90. The first kappa shape index (κ1) is 16.0. The average molecular weight is 329 g/mol. The van der Waals surface area contributed by atoms with Crippen LogP contribution >= 0.6 is 0 Å². The van der Waals surface area contributed by atoms with Crippen LogP contribution in [0.25, 0.3) is 0 Å². The Labute approximate surface area is 139 Å². The van der Waals surface area contributed by atoms with Crippen LogP contribution in [0.2, 0.25) is 0 Å². The number of nitrogens with zero attached hydrogens (tertiary/aromatic N) is 4. The van der Waals surface area contributed by atoms with Gasteiger partial charge in [0.05, 0.1) is 18.8 Å². The third kappa shape index (κ3) is 2.82. The molecular weight excluding hydrogens is 310 g/mol. The van der Waals surface area contributed by atoms with Crippen molar-refractivity contribution in [2.75, 3.05) is 12.4 Å². The predicted octanol–water partition coefficient (Wildman–Crippen LogP) is 1.92. The molecule has 0 amide bonds. The lowest BCUT2D eigenvalue weighted by Crippen LogP contribution is -2.30. The number of anilines is 1.